The second-order valence-corrected chi connectivity index (χ2v) is 8.57. The number of alkyl halides is 10. The molecule has 2 bridgehead atoms. The van der Waals surface area contributed by atoms with Gasteiger partial charge in [-0.2, -0.15) is 35.1 Å². The SMILES string of the molecule is C=C(C)C(=O)OC(CC)C(F)(F)C(=O)O[C@@H]1CC2CC1C1(F)C(F)(F)C(F)(F)C(F)(F)C21F. The molecule has 3 fully saturated rings. The Hall–Kier alpha value is -2.02. The summed E-state index contributed by atoms with van der Waals surface area (Å²) in [6.45, 7) is 5.34. The molecule has 4 nitrogen and oxygen atoms in total. The van der Waals surface area contributed by atoms with E-state index < -0.39 is 90.3 Å². The lowest BCUT2D eigenvalue weighted by molar-refractivity contribution is -0.298. The summed E-state index contributed by atoms with van der Waals surface area (Å²) in [5.74, 6) is -32.4. The van der Waals surface area contributed by atoms with Crippen LogP contribution in [0.5, 0.6) is 0 Å². The molecule has 3 rings (SSSR count). The molecule has 0 radical (unpaired) electrons. The van der Waals surface area contributed by atoms with Crippen molar-refractivity contribution in [3.8, 4) is 0 Å². The Morgan fingerprint density at radius 3 is 1.97 bits per heavy atom. The van der Waals surface area contributed by atoms with Crippen molar-refractivity contribution < 1.29 is 63.0 Å². The molecule has 3 aliphatic carbocycles. The third-order valence-electron chi connectivity index (χ3n) is 6.71. The first-order valence-electron chi connectivity index (χ1n) is 9.73. The Morgan fingerprint density at radius 1 is 0.970 bits per heavy atom. The quantitative estimate of drug-likeness (QED) is 0.299. The lowest BCUT2D eigenvalue weighted by Gasteiger charge is -2.42. The summed E-state index contributed by atoms with van der Waals surface area (Å²) in [5, 5.41) is 0. The standard InChI is InChI=1S/C19H18F10O4/c1-4-11(33-12(30)7(2)3)14(20,21)13(31)32-10-6-8-5-9(10)16(23)15(8,22)17(24,25)19(28,29)18(16,26)27/h8-11H,2,4-6H2,1,3H3/t8?,9?,10-,11?,15?,16?/m1/s1. The predicted octanol–water partition coefficient (Wildman–Crippen LogP) is 4.81. The molecule has 0 aromatic carbocycles. The van der Waals surface area contributed by atoms with E-state index in [1.165, 1.54) is 0 Å². The highest BCUT2D eigenvalue weighted by Crippen LogP contribution is 2.79. The molecule has 0 N–H and O–H groups in total. The Bertz CT molecular complexity index is 890. The van der Waals surface area contributed by atoms with Crippen LogP contribution < -0.4 is 0 Å². The van der Waals surface area contributed by atoms with E-state index in [9.17, 15) is 44.7 Å². The van der Waals surface area contributed by atoms with Crippen LogP contribution in [0.2, 0.25) is 0 Å². The monoisotopic (exact) mass is 500 g/mol. The zero-order valence-corrected chi connectivity index (χ0v) is 17.1. The molecule has 3 saturated carbocycles. The molecular formula is C19H18F10O4. The van der Waals surface area contributed by atoms with Gasteiger partial charge in [-0.05, 0) is 26.2 Å². The van der Waals surface area contributed by atoms with Crippen LogP contribution in [0.1, 0.15) is 33.1 Å². The van der Waals surface area contributed by atoms with Gasteiger partial charge in [0.25, 0.3) is 0 Å². The average molecular weight is 500 g/mol. The van der Waals surface area contributed by atoms with Crippen molar-refractivity contribution in [2.75, 3.05) is 0 Å². The second kappa shape index (κ2) is 7.00. The summed E-state index contributed by atoms with van der Waals surface area (Å²) >= 11 is 0. The van der Waals surface area contributed by atoms with Gasteiger partial charge in [-0.25, -0.2) is 18.4 Å². The third-order valence-corrected chi connectivity index (χ3v) is 6.71. The van der Waals surface area contributed by atoms with E-state index in [1.807, 2.05) is 0 Å². The number of fused-ring (bicyclic) bond motifs is 5. The molecule has 0 amide bonds. The summed E-state index contributed by atoms with van der Waals surface area (Å²) in [6, 6.07) is 0. The van der Waals surface area contributed by atoms with Crippen LogP contribution in [0.4, 0.5) is 43.9 Å². The van der Waals surface area contributed by atoms with Crippen molar-refractivity contribution in [3.05, 3.63) is 12.2 Å². The van der Waals surface area contributed by atoms with Gasteiger partial charge in [0.1, 0.15) is 6.10 Å². The minimum absolute atomic E-state index is 0.310. The topological polar surface area (TPSA) is 52.6 Å². The number of carbonyl (C=O) groups excluding carboxylic acids is 2. The second-order valence-electron chi connectivity index (χ2n) is 8.57. The fraction of sp³-hybridized carbons (Fsp3) is 0.789. The number of ether oxygens (including phenoxy) is 2. The molecule has 188 valence electrons. The number of hydrogen-bond acceptors (Lipinski definition) is 4. The fourth-order valence-electron chi connectivity index (χ4n) is 5.03. The molecule has 6 atom stereocenters. The molecule has 0 saturated heterocycles. The van der Waals surface area contributed by atoms with Crippen LogP contribution in [0.3, 0.4) is 0 Å². The summed E-state index contributed by atoms with van der Waals surface area (Å²) in [5.41, 5.74) is -10.5. The van der Waals surface area contributed by atoms with Crippen LogP contribution in [-0.2, 0) is 19.1 Å². The van der Waals surface area contributed by atoms with Gasteiger partial charge in [0.05, 0.1) is 0 Å². The van der Waals surface area contributed by atoms with E-state index in [2.05, 4.69) is 16.1 Å². The van der Waals surface area contributed by atoms with Crippen LogP contribution in [0, 0.1) is 11.8 Å². The van der Waals surface area contributed by atoms with E-state index in [0.717, 1.165) is 13.8 Å². The highest BCUT2D eigenvalue weighted by atomic mass is 19.4. The molecule has 5 unspecified atom stereocenters. The van der Waals surface area contributed by atoms with Crippen molar-refractivity contribution in [1.29, 1.82) is 0 Å². The van der Waals surface area contributed by atoms with Gasteiger partial charge in [0.2, 0.25) is 11.3 Å². The van der Waals surface area contributed by atoms with E-state index in [0.29, 0.717) is 0 Å². The Morgan fingerprint density at radius 2 is 1.48 bits per heavy atom. The van der Waals surface area contributed by atoms with Gasteiger partial charge in [-0.1, -0.05) is 13.5 Å². The van der Waals surface area contributed by atoms with Crippen molar-refractivity contribution in [3.63, 3.8) is 0 Å². The van der Waals surface area contributed by atoms with Crippen molar-refractivity contribution in [2.24, 2.45) is 11.8 Å². The maximum absolute atomic E-state index is 15.3. The van der Waals surface area contributed by atoms with E-state index in [1.54, 1.807) is 0 Å². The normalized spacial score (nSPS) is 38.5. The first-order chi connectivity index (χ1) is 14.8. The smallest absolute Gasteiger partial charge is 0.381 e. The molecule has 0 aliphatic heterocycles. The Balaban J connectivity index is 1.89. The molecule has 14 heteroatoms. The highest BCUT2D eigenvalue weighted by Gasteiger charge is 3.04. The molecule has 0 aromatic heterocycles. The van der Waals surface area contributed by atoms with Crippen molar-refractivity contribution in [1.82, 2.24) is 0 Å². The zero-order chi connectivity index (χ0) is 25.6. The van der Waals surface area contributed by atoms with Gasteiger partial charge in [-0.15, -0.1) is 0 Å². The summed E-state index contributed by atoms with van der Waals surface area (Å²) in [6.07, 6.45) is -7.76. The van der Waals surface area contributed by atoms with Gasteiger partial charge in [-0.3, -0.25) is 0 Å². The molecule has 33 heavy (non-hydrogen) atoms. The summed E-state index contributed by atoms with van der Waals surface area (Å²) in [4.78, 5) is 23.6. The summed E-state index contributed by atoms with van der Waals surface area (Å²) < 4.78 is 152. The van der Waals surface area contributed by atoms with Gasteiger partial charge >= 0.3 is 35.6 Å². The van der Waals surface area contributed by atoms with Crippen molar-refractivity contribution in [2.45, 2.75) is 80.3 Å². The van der Waals surface area contributed by atoms with Gasteiger partial charge in [0, 0.05) is 17.4 Å². The molecule has 0 spiro atoms. The van der Waals surface area contributed by atoms with Crippen LogP contribution in [0.15, 0.2) is 12.2 Å². The summed E-state index contributed by atoms with van der Waals surface area (Å²) in [7, 11) is 0. The first-order valence-corrected chi connectivity index (χ1v) is 9.73. The van der Waals surface area contributed by atoms with Gasteiger partial charge in [0.15, 0.2) is 6.10 Å². The molecule has 3 aliphatic rings. The zero-order valence-electron chi connectivity index (χ0n) is 17.1. The van der Waals surface area contributed by atoms with E-state index in [-0.39, 0.29) is 5.57 Å². The number of carbonyl (C=O) groups is 2. The predicted molar refractivity (Wildman–Crippen MR) is 88.5 cm³/mol. The maximum atomic E-state index is 15.3. The largest absolute Gasteiger partial charge is 0.457 e. The number of halogens is 10. The number of rotatable bonds is 6. The minimum atomic E-state index is -6.42. The molecule has 0 heterocycles. The maximum Gasteiger partial charge on any atom is 0.381 e. The Kier molecular flexibility index (Phi) is 5.43. The van der Waals surface area contributed by atoms with Crippen LogP contribution >= 0.6 is 0 Å². The average Bonchev–Trinajstić information content (AvgIpc) is 3.23. The van der Waals surface area contributed by atoms with Crippen LogP contribution in [-0.4, -0.2) is 59.2 Å². The van der Waals surface area contributed by atoms with E-state index in [4.69, 9.17) is 0 Å². The lowest BCUT2D eigenvalue weighted by atomic mass is 9.73. The van der Waals surface area contributed by atoms with Gasteiger partial charge < -0.3 is 9.47 Å². The third kappa shape index (κ3) is 2.71. The minimum Gasteiger partial charge on any atom is -0.457 e. The fourth-order valence-corrected chi connectivity index (χ4v) is 5.03. The molecule has 0 aromatic rings. The lowest BCUT2D eigenvalue weighted by Crippen LogP contribution is -2.64. The first kappa shape index (κ1) is 25.6. The molecular weight excluding hydrogens is 482 g/mol. The highest BCUT2D eigenvalue weighted by molar-refractivity contribution is 5.88. The van der Waals surface area contributed by atoms with Crippen LogP contribution in [0.25, 0.3) is 0 Å². The number of esters is 2. The van der Waals surface area contributed by atoms with Crippen molar-refractivity contribution >= 4 is 11.9 Å². The van der Waals surface area contributed by atoms with E-state index >= 15 is 8.78 Å². The Labute approximate surface area is 180 Å². The number of hydrogen-bond donors (Lipinski definition) is 0.